The lowest BCUT2D eigenvalue weighted by molar-refractivity contribution is 0.339. The van der Waals surface area contributed by atoms with Gasteiger partial charge in [-0.25, -0.2) is 8.42 Å². The Balaban J connectivity index is 2.23. The fourth-order valence-corrected chi connectivity index (χ4v) is 4.28. The Labute approximate surface area is 122 Å². The number of nitrogens with zero attached hydrogens (tertiary/aromatic N) is 1. The summed E-state index contributed by atoms with van der Waals surface area (Å²) in [6.45, 7) is 6.45. The highest BCUT2D eigenvalue weighted by Gasteiger charge is 2.29. The Morgan fingerprint density at radius 3 is 2.50 bits per heavy atom. The smallest absolute Gasteiger partial charge is 0.177 e. The van der Waals surface area contributed by atoms with Crippen molar-refractivity contribution in [2.45, 2.75) is 38.0 Å². The Hall–Kier alpha value is -1.03. The first-order valence-electron chi connectivity index (χ1n) is 7.51. The third-order valence-corrected chi connectivity index (χ3v) is 5.69. The fraction of sp³-hybridized carbons (Fsp3) is 0.625. The van der Waals surface area contributed by atoms with E-state index in [2.05, 4.69) is 18.7 Å². The van der Waals surface area contributed by atoms with Crippen LogP contribution in [-0.4, -0.2) is 27.8 Å². The Bertz CT molecular complexity index is 549. The molecule has 4 heteroatoms. The summed E-state index contributed by atoms with van der Waals surface area (Å²) in [5.74, 6) is 1.45. The summed E-state index contributed by atoms with van der Waals surface area (Å²) < 4.78 is 23.8. The lowest BCUT2D eigenvalue weighted by Gasteiger charge is -2.24. The van der Waals surface area contributed by atoms with E-state index < -0.39 is 9.84 Å². The first-order chi connectivity index (χ1) is 9.47. The van der Waals surface area contributed by atoms with Crippen LogP contribution >= 0.6 is 0 Å². The van der Waals surface area contributed by atoms with Gasteiger partial charge in [0.05, 0.1) is 10.6 Å². The number of rotatable bonds is 5. The summed E-state index contributed by atoms with van der Waals surface area (Å²) in [5, 5.41) is 0. The third kappa shape index (κ3) is 3.17. The van der Waals surface area contributed by atoms with Crippen molar-refractivity contribution in [3.05, 3.63) is 24.3 Å². The number of hydrogen-bond donors (Lipinski definition) is 0. The van der Waals surface area contributed by atoms with Crippen molar-refractivity contribution in [3.8, 4) is 0 Å². The van der Waals surface area contributed by atoms with E-state index in [0.717, 1.165) is 24.7 Å². The van der Waals surface area contributed by atoms with Crippen molar-refractivity contribution in [2.75, 3.05) is 24.2 Å². The van der Waals surface area contributed by atoms with Crippen LogP contribution in [0.5, 0.6) is 0 Å². The second kappa shape index (κ2) is 6.17. The maximum absolute atomic E-state index is 11.9. The summed E-state index contributed by atoms with van der Waals surface area (Å²) in [6, 6.07) is 7.38. The van der Waals surface area contributed by atoms with Crippen LogP contribution in [0.4, 0.5) is 5.69 Å². The normalized spacial score (nSPS) is 19.8. The van der Waals surface area contributed by atoms with Gasteiger partial charge in [0.2, 0.25) is 0 Å². The second-order valence-corrected chi connectivity index (χ2v) is 7.80. The van der Waals surface area contributed by atoms with Gasteiger partial charge in [-0.15, -0.1) is 0 Å². The van der Waals surface area contributed by atoms with E-state index in [4.69, 9.17) is 0 Å². The lowest BCUT2D eigenvalue weighted by atomic mass is 9.87. The van der Waals surface area contributed by atoms with Gasteiger partial charge in [-0.2, -0.15) is 0 Å². The molecule has 1 aliphatic heterocycles. The number of benzene rings is 1. The zero-order chi connectivity index (χ0) is 14.8. The molecule has 1 atom stereocenters. The van der Waals surface area contributed by atoms with Crippen molar-refractivity contribution in [2.24, 2.45) is 11.8 Å². The monoisotopic (exact) mass is 295 g/mol. The van der Waals surface area contributed by atoms with E-state index >= 15 is 0 Å². The zero-order valence-electron chi connectivity index (χ0n) is 12.7. The molecule has 20 heavy (non-hydrogen) atoms. The first-order valence-corrected chi connectivity index (χ1v) is 9.40. The standard InChI is InChI=1S/C16H25NO2S/c1-4-13(5-2)14-10-11-17(12-14)15-8-6-7-9-16(15)20(3,18)19/h6-9,13-14H,4-5,10-12H2,1-3H3. The number of anilines is 1. The van der Waals surface area contributed by atoms with Gasteiger partial charge >= 0.3 is 0 Å². The third-order valence-electron chi connectivity index (χ3n) is 4.55. The molecule has 0 spiro atoms. The van der Waals surface area contributed by atoms with Gasteiger partial charge in [0, 0.05) is 19.3 Å². The van der Waals surface area contributed by atoms with Crippen LogP contribution in [0.15, 0.2) is 29.2 Å². The van der Waals surface area contributed by atoms with Crippen LogP contribution in [0.2, 0.25) is 0 Å². The highest BCUT2D eigenvalue weighted by atomic mass is 32.2. The maximum Gasteiger partial charge on any atom is 0.177 e. The van der Waals surface area contributed by atoms with Gasteiger partial charge in [-0.3, -0.25) is 0 Å². The predicted octanol–water partition coefficient (Wildman–Crippen LogP) is 3.35. The van der Waals surface area contributed by atoms with Crippen molar-refractivity contribution in [3.63, 3.8) is 0 Å². The number of para-hydroxylation sites is 1. The molecule has 1 aromatic carbocycles. The molecule has 112 valence electrons. The topological polar surface area (TPSA) is 37.4 Å². The molecule has 0 N–H and O–H groups in total. The molecule has 1 saturated heterocycles. The van der Waals surface area contributed by atoms with Crippen LogP contribution in [0, 0.1) is 11.8 Å². The first kappa shape index (κ1) is 15.4. The van der Waals surface area contributed by atoms with Crippen LogP contribution in [0.25, 0.3) is 0 Å². The minimum absolute atomic E-state index is 0.463. The van der Waals surface area contributed by atoms with Crippen LogP contribution < -0.4 is 4.90 Å². The minimum Gasteiger partial charge on any atom is -0.370 e. The van der Waals surface area contributed by atoms with Crippen LogP contribution in [0.1, 0.15) is 33.1 Å². The molecule has 0 radical (unpaired) electrons. The van der Waals surface area contributed by atoms with Gasteiger partial charge in [0.1, 0.15) is 0 Å². The molecule has 0 aliphatic carbocycles. The van der Waals surface area contributed by atoms with E-state index in [-0.39, 0.29) is 0 Å². The van der Waals surface area contributed by atoms with Gasteiger partial charge in [-0.05, 0) is 30.4 Å². The van der Waals surface area contributed by atoms with Crippen LogP contribution in [-0.2, 0) is 9.84 Å². The van der Waals surface area contributed by atoms with Crippen molar-refractivity contribution < 1.29 is 8.42 Å². The van der Waals surface area contributed by atoms with Crippen molar-refractivity contribution in [1.82, 2.24) is 0 Å². The average Bonchev–Trinajstić information content (AvgIpc) is 2.89. The van der Waals surface area contributed by atoms with Gasteiger partial charge in [-0.1, -0.05) is 38.8 Å². The molecule has 0 amide bonds. The van der Waals surface area contributed by atoms with Crippen molar-refractivity contribution >= 4 is 15.5 Å². The molecule has 1 aromatic rings. The highest BCUT2D eigenvalue weighted by Crippen LogP contribution is 2.34. The molecular formula is C16H25NO2S. The molecule has 0 aromatic heterocycles. The number of sulfone groups is 1. The molecule has 0 bridgehead atoms. The quantitative estimate of drug-likeness (QED) is 0.836. The van der Waals surface area contributed by atoms with E-state index in [9.17, 15) is 8.42 Å². The lowest BCUT2D eigenvalue weighted by Crippen LogP contribution is -2.24. The molecule has 1 aliphatic rings. The average molecular weight is 295 g/mol. The van der Waals surface area contributed by atoms with E-state index in [1.807, 2.05) is 12.1 Å². The summed E-state index contributed by atoms with van der Waals surface area (Å²) in [4.78, 5) is 2.71. The summed E-state index contributed by atoms with van der Waals surface area (Å²) >= 11 is 0. The zero-order valence-corrected chi connectivity index (χ0v) is 13.5. The summed E-state index contributed by atoms with van der Waals surface area (Å²) in [5.41, 5.74) is 0.878. The van der Waals surface area contributed by atoms with E-state index in [1.165, 1.54) is 25.5 Å². The Morgan fingerprint density at radius 1 is 1.25 bits per heavy atom. The predicted molar refractivity (Wildman–Crippen MR) is 83.9 cm³/mol. The SMILES string of the molecule is CCC(CC)C1CCN(c2ccccc2S(C)(=O)=O)C1. The van der Waals surface area contributed by atoms with Gasteiger partial charge in [0.25, 0.3) is 0 Å². The van der Waals surface area contributed by atoms with Gasteiger partial charge in [0.15, 0.2) is 9.84 Å². The second-order valence-electron chi connectivity index (χ2n) is 5.81. The van der Waals surface area contributed by atoms with E-state index in [0.29, 0.717) is 10.8 Å². The molecule has 1 fully saturated rings. The highest BCUT2D eigenvalue weighted by molar-refractivity contribution is 7.90. The maximum atomic E-state index is 11.9. The van der Waals surface area contributed by atoms with Crippen molar-refractivity contribution in [1.29, 1.82) is 0 Å². The summed E-state index contributed by atoms with van der Waals surface area (Å²) in [7, 11) is -3.16. The molecule has 0 saturated carbocycles. The Morgan fingerprint density at radius 2 is 1.90 bits per heavy atom. The molecule has 1 unspecified atom stereocenters. The van der Waals surface area contributed by atoms with E-state index in [1.54, 1.807) is 12.1 Å². The fourth-order valence-electron chi connectivity index (χ4n) is 3.38. The Kier molecular flexibility index (Phi) is 4.74. The largest absolute Gasteiger partial charge is 0.370 e. The van der Waals surface area contributed by atoms with Gasteiger partial charge < -0.3 is 4.90 Å². The minimum atomic E-state index is -3.16. The molecule has 2 rings (SSSR count). The van der Waals surface area contributed by atoms with Crippen LogP contribution in [0.3, 0.4) is 0 Å². The number of hydrogen-bond acceptors (Lipinski definition) is 3. The molecule has 1 heterocycles. The molecule has 3 nitrogen and oxygen atoms in total. The summed E-state index contributed by atoms with van der Waals surface area (Å²) in [6.07, 6.45) is 4.89. The molecular weight excluding hydrogens is 270 g/mol.